The van der Waals surface area contributed by atoms with E-state index in [1.54, 1.807) is 18.3 Å². The van der Waals surface area contributed by atoms with Crippen LogP contribution in [-0.2, 0) is 10.0 Å². The van der Waals surface area contributed by atoms with Crippen molar-refractivity contribution in [3.63, 3.8) is 0 Å². The molecule has 0 spiro atoms. The molecule has 26 heavy (non-hydrogen) atoms. The number of piperidine rings is 1. The molecule has 0 bridgehead atoms. The lowest BCUT2D eigenvalue weighted by atomic mass is 10.1. The summed E-state index contributed by atoms with van der Waals surface area (Å²) in [4.78, 5) is 4.16. The number of sulfonamides is 1. The number of ether oxygens (including phenoxy) is 2. The molecule has 8 heteroatoms. The van der Waals surface area contributed by atoms with Gasteiger partial charge in [0.1, 0.15) is 18.1 Å². The van der Waals surface area contributed by atoms with E-state index < -0.39 is 10.0 Å². The molecule has 2 aromatic rings. The lowest BCUT2D eigenvalue weighted by Crippen LogP contribution is -2.45. The quantitative estimate of drug-likeness (QED) is 0.882. The average molecular weight is 375 g/mol. The van der Waals surface area contributed by atoms with Gasteiger partial charge in [0.15, 0.2) is 11.5 Å². The summed E-state index contributed by atoms with van der Waals surface area (Å²) in [7, 11) is -3.52. The lowest BCUT2D eigenvalue weighted by molar-refractivity contribution is 0.171. The van der Waals surface area contributed by atoms with E-state index in [2.05, 4.69) is 10.3 Å². The number of rotatable bonds is 4. The molecule has 1 aromatic carbocycles. The minimum atomic E-state index is -3.52. The van der Waals surface area contributed by atoms with Crippen LogP contribution in [-0.4, -0.2) is 50.1 Å². The van der Waals surface area contributed by atoms with Crippen LogP contribution in [0.1, 0.15) is 12.8 Å². The number of nitrogens with zero attached hydrogens (tertiary/aromatic N) is 2. The van der Waals surface area contributed by atoms with Gasteiger partial charge in [-0.1, -0.05) is 0 Å². The standard InChI is InChI=1S/C18H21N3O4S/c22-26(23,16-4-1-7-19-12-16)21-8-2-3-15(13-21)20-14-5-6-17-18(11-14)25-10-9-24-17/h1,4-7,11-12,15,20H,2-3,8-10,13H2. The van der Waals surface area contributed by atoms with Gasteiger partial charge in [0.05, 0.1) is 0 Å². The van der Waals surface area contributed by atoms with Crippen LogP contribution in [0.25, 0.3) is 0 Å². The summed E-state index contributed by atoms with van der Waals surface area (Å²) in [6, 6.07) is 8.98. The maximum atomic E-state index is 12.8. The lowest BCUT2D eigenvalue weighted by Gasteiger charge is -2.33. The van der Waals surface area contributed by atoms with Gasteiger partial charge in [0, 0.05) is 43.3 Å². The number of fused-ring (bicyclic) bond motifs is 1. The van der Waals surface area contributed by atoms with Crippen molar-refractivity contribution in [1.29, 1.82) is 0 Å². The highest BCUT2D eigenvalue weighted by atomic mass is 32.2. The van der Waals surface area contributed by atoms with Crippen LogP contribution < -0.4 is 14.8 Å². The Hall–Kier alpha value is -2.32. The Morgan fingerprint density at radius 1 is 1.15 bits per heavy atom. The Morgan fingerprint density at radius 3 is 2.81 bits per heavy atom. The van der Waals surface area contributed by atoms with Crippen molar-refractivity contribution in [2.75, 3.05) is 31.6 Å². The Kier molecular flexibility index (Phi) is 4.69. The maximum absolute atomic E-state index is 12.8. The number of hydrogen-bond donors (Lipinski definition) is 1. The van der Waals surface area contributed by atoms with E-state index in [0.717, 1.165) is 30.0 Å². The van der Waals surface area contributed by atoms with Gasteiger partial charge < -0.3 is 14.8 Å². The van der Waals surface area contributed by atoms with E-state index in [4.69, 9.17) is 9.47 Å². The summed E-state index contributed by atoms with van der Waals surface area (Å²) in [5, 5.41) is 3.43. The minimum Gasteiger partial charge on any atom is -0.486 e. The largest absolute Gasteiger partial charge is 0.486 e. The smallest absolute Gasteiger partial charge is 0.244 e. The molecule has 7 nitrogen and oxygen atoms in total. The van der Waals surface area contributed by atoms with Gasteiger partial charge in [-0.3, -0.25) is 4.98 Å². The highest BCUT2D eigenvalue weighted by Crippen LogP contribution is 2.33. The van der Waals surface area contributed by atoms with E-state index in [-0.39, 0.29) is 10.9 Å². The molecule has 1 aromatic heterocycles. The highest BCUT2D eigenvalue weighted by molar-refractivity contribution is 7.89. The van der Waals surface area contributed by atoms with Crippen molar-refractivity contribution in [3.05, 3.63) is 42.7 Å². The van der Waals surface area contributed by atoms with E-state index >= 15 is 0 Å². The zero-order chi connectivity index (χ0) is 18.0. The first-order chi connectivity index (χ1) is 12.6. The molecule has 2 aliphatic rings. The van der Waals surface area contributed by atoms with Crippen molar-refractivity contribution in [2.45, 2.75) is 23.8 Å². The second-order valence-corrected chi connectivity index (χ2v) is 8.33. The van der Waals surface area contributed by atoms with Gasteiger partial charge in [-0.25, -0.2) is 8.42 Å². The SMILES string of the molecule is O=S(=O)(c1cccnc1)N1CCCC(Nc2ccc3c(c2)OCCO3)C1. The third-order valence-electron chi connectivity index (χ3n) is 4.57. The first kappa shape index (κ1) is 17.1. The molecule has 1 N–H and O–H groups in total. The molecule has 0 saturated carbocycles. The Labute approximate surface area is 153 Å². The molecule has 1 unspecified atom stereocenters. The Bertz CT molecular complexity index is 873. The third-order valence-corrected chi connectivity index (χ3v) is 6.42. The zero-order valence-electron chi connectivity index (χ0n) is 14.3. The van der Waals surface area contributed by atoms with Crippen LogP contribution in [0, 0.1) is 0 Å². The molecule has 4 rings (SSSR count). The summed E-state index contributed by atoms with van der Waals surface area (Å²) >= 11 is 0. The summed E-state index contributed by atoms with van der Waals surface area (Å²) < 4.78 is 38.3. The second-order valence-electron chi connectivity index (χ2n) is 6.39. The van der Waals surface area contributed by atoms with Gasteiger partial charge in [-0.2, -0.15) is 4.31 Å². The van der Waals surface area contributed by atoms with Crippen molar-refractivity contribution in [1.82, 2.24) is 9.29 Å². The van der Waals surface area contributed by atoms with Gasteiger partial charge in [-0.15, -0.1) is 0 Å². The monoisotopic (exact) mass is 375 g/mol. The number of anilines is 1. The molecule has 1 atom stereocenters. The van der Waals surface area contributed by atoms with E-state index in [1.165, 1.54) is 10.5 Å². The predicted octanol–water partition coefficient (Wildman–Crippen LogP) is 2.12. The number of nitrogens with one attached hydrogen (secondary N) is 1. The van der Waals surface area contributed by atoms with E-state index in [0.29, 0.717) is 26.3 Å². The minimum absolute atomic E-state index is 0.0396. The van der Waals surface area contributed by atoms with E-state index in [1.807, 2.05) is 18.2 Å². The van der Waals surface area contributed by atoms with Gasteiger partial charge in [0.25, 0.3) is 0 Å². The Morgan fingerprint density at radius 2 is 2.00 bits per heavy atom. The van der Waals surface area contributed by atoms with Gasteiger partial charge >= 0.3 is 0 Å². The fourth-order valence-electron chi connectivity index (χ4n) is 3.30. The average Bonchev–Trinajstić information content (AvgIpc) is 2.69. The van der Waals surface area contributed by atoms with Crippen LogP contribution in [0.5, 0.6) is 11.5 Å². The van der Waals surface area contributed by atoms with Crippen LogP contribution in [0.2, 0.25) is 0 Å². The number of hydrogen-bond acceptors (Lipinski definition) is 6. The maximum Gasteiger partial charge on any atom is 0.244 e. The summed E-state index contributed by atoms with van der Waals surface area (Å²) in [5.74, 6) is 1.46. The predicted molar refractivity (Wildman–Crippen MR) is 97.1 cm³/mol. The number of pyridine rings is 1. The van der Waals surface area contributed by atoms with Gasteiger partial charge in [-0.05, 0) is 37.1 Å². The van der Waals surface area contributed by atoms with Gasteiger partial charge in [0.2, 0.25) is 10.0 Å². The molecule has 0 radical (unpaired) electrons. The normalized spacial score (nSPS) is 20.5. The molecular weight excluding hydrogens is 354 g/mol. The van der Waals surface area contributed by atoms with Crippen LogP contribution in [0.3, 0.4) is 0 Å². The molecular formula is C18H21N3O4S. The summed E-state index contributed by atoms with van der Waals surface area (Å²) in [6.45, 7) is 2.04. The molecule has 138 valence electrons. The zero-order valence-corrected chi connectivity index (χ0v) is 15.1. The molecule has 2 aliphatic heterocycles. The van der Waals surface area contributed by atoms with Crippen LogP contribution in [0.4, 0.5) is 5.69 Å². The molecule has 1 saturated heterocycles. The Balaban J connectivity index is 1.47. The molecule has 3 heterocycles. The van der Waals surface area contributed by atoms with Crippen molar-refractivity contribution < 1.29 is 17.9 Å². The van der Waals surface area contributed by atoms with Crippen molar-refractivity contribution in [3.8, 4) is 11.5 Å². The number of benzene rings is 1. The van der Waals surface area contributed by atoms with Crippen LogP contribution in [0.15, 0.2) is 47.6 Å². The van der Waals surface area contributed by atoms with E-state index in [9.17, 15) is 8.42 Å². The van der Waals surface area contributed by atoms with Crippen molar-refractivity contribution in [2.24, 2.45) is 0 Å². The van der Waals surface area contributed by atoms with Crippen LogP contribution >= 0.6 is 0 Å². The summed E-state index contributed by atoms with van der Waals surface area (Å²) in [5.41, 5.74) is 0.903. The fraction of sp³-hybridized carbons (Fsp3) is 0.389. The molecule has 0 amide bonds. The molecule has 0 aliphatic carbocycles. The topological polar surface area (TPSA) is 80.8 Å². The van der Waals surface area contributed by atoms with Crippen molar-refractivity contribution >= 4 is 15.7 Å². The second kappa shape index (κ2) is 7.13. The fourth-order valence-corrected chi connectivity index (χ4v) is 4.78. The highest BCUT2D eigenvalue weighted by Gasteiger charge is 2.30. The third kappa shape index (κ3) is 3.47. The first-order valence-electron chi connectivity index (χ1n) is 8.69. The summed E-state index contributed by atoms with van der Waals surface area (Å²) in [6.07, 6.45) is 4.68. The molecule has 1 fully saturated rings. The number of aromatic nitrogens is 1. The first-order valence-corrected chi connectivity index (χ1v) is 10.1.